The molecule has 0 radical (unpaired) electrons. The molecule has 0 atom stereocenters. The van der Waals surface area contributed by atoms with Crippen LogP contribution in [0.4, 0.5) is 0 Å². The first-order valence-corrected chi connectivity index (χ1v) is 7.45. The van der Waals surface area contributed by atoms with E-state index in [1.165, 1.54) is 0 Å². The van der Waals surface area contributed by atoms with E-state index in [-0.39, 0.29) is 19.2 Å². The Morgan fingerprint density at radius 3 is 1.88 bits per heavy atom. The van der Waals surface area contributed by atoms with Crippen LogP contribution >= 0.6 is 0 Å². The van der Waals surface area contributed by atoms with Crippen LogP contribution in [0.1, 0.15) is 20.7 Å². The maximum absolute atomic E-state index is 11.8. The molecule has 2 aromatic carbocycles. The molecule has 0 heterocycles. The van der Waals surface area contributed by atoms with Gasteiger partial charge in [-0.1, -0.05) is 49.1 Å². The van der Waals surface area contributed by atoms with E-state index in [0.29, 0.717) is 16.7 Å². The summed E-state index contributed by atoms with van der Waals surface area (Å²) < 4.78 is 10.2. The summed E-state index contributed by atoms with van der Waals surface area (Å²) >= 11 is 0. The SMILES string of the molecule is C=C(C=CCOC(=O)c1ccccc1)COC(=O)c1ccccc1. The van der Waals surface area contributed by atoms with Crippen LogP contribution in [0.2, 0.25) is 0 Å². The van der Waals surface area contributed by atoms with Crippen molar-refractivity contribution < 1.29 is 19.1 Å². The topological polar surface area (TPSA) is 52.6 Å². The molecule has 0 aromatic heterocycles. The predicted octanol–water partition coefficient (Wildman–Crippen LogP) is 3.81. The van der Waals surface area contributed by atoms with Crippen molar-refractivity contribution in [3.63, 3.8) is 0 Å². The zero-order valence-electron chi connectivity index (χ0n) is 13.2. The molecule has 4 heteroatoms. The van der Waals surface area contributed by atoms with Crippen molar-refractivity contribution in [1.82, 2.24) is 0 Å². The second-order valence-corrected chi connectivity index (χ2v) is 4.97. The number of carbonyl (C=O) groups is 2. The Kier molecular flexibility index (Phi) is 6.53. The monoisotopic (exact) mass is 322 g/mol. The van der Waals surface area contributed by atoms with Crippen LogP contribution in [0.5, 0.6) is 0 Å². The molecule has 2 aromatic rings. The first kappa shape index (κ1) is 17.2. The molecule has 0 spiro atoms. The van der Waals surface area contributed by atoms with Crippen LogP contribution in [0.25, 0.3) is 0 Å². The summed E-state index contributed by atoms with van der Waals surface area (Å²) in [6.07, 6.45) is 3.32. The highest BCUT2D eigenvalue weighted by molar-refractivity contribution is 5.89. The highest BCUT2D eigenvalue weighted by atomic mass is 16.5. The van der Waals surface area contributed by atoms with Gasteiger partial charge in [-0.15, -0.1) is 0 Å². The van der Waals surface area contributed by atoms with Crippen molar-refractivity contribution >= 4 is 11.9 Å². The lowest BCUT2D eigenvalue weighted by Gasteiger charge is -2.05. The molecule has 0 aliphatic rings. The zero-order chi connectivity index (χ0) is 17.2. The minimum atomic E-state index is -0.402. The lowest BCUT2D eigenvalue weighted by molar-refractivity contribution is 0.0540. The van der Waals surface area contributed by atoms with Crippen LogP contribution in [-0.4, -0.2) is 25.2 Å². The molecular weight excluding hydrogens is 304 g/mol. The van der Waals surface area contributed by atoms with E-state index in [0.717, 1.165) is 0 Å². The summed E-state index contributed by atoms with van der Waals surface area (Å²) in [5, 5.41) is 0. The van der Waals surface area contributed by atoms with Crippen molar-refractivity contribution in [2.24, 2.45) is 0 Å². The molecule has 0 unspecified atom stereocenters. The summed E-state index contributed by atoms with van der Waals surface area (Å²) in [6, 6.07) is 17.5. The Balaban J connectivity index is 1.70. The largest absolute Gasteiger partial charge is 0.458 e. The van der Waals surface area contributed by atoms with Crippen LogP contribution in [0, 0.1) is 0 Å². The number of carbonyl (C=O) groups excluding carboxylic acids is 2. The maximum atomic E-state index is 11.8. The molecule has 0 saturated heterocycles. The zero-order valence-corrected chi connectivity index (χ0v) is 13.2. The number of rotatable bonds is 7. The van der Waals surface area contributed by atoms with Gasteiger partial charge in [0.25, 0.3) is 0 Å². The van der Waals surface area contributed by atoms with Gasteiger partial charge in [-0.05, 0) is 35.9 Å². The molecule has 4 nitrogen and oxygen atoms in total. The van der Waals surface area contributed by atoms with Crippen molar-refractivity contribution in [3.8, 4) is 0 Å². The van der Waals surface area contributed by atoms with E-state index in [1.807, 2.05) is 12.1 Å². The smallest absolute Gasteiger partial charge is 0.338 e. The van der Waals surface area contributed by atoms with Crippen molar-refractivity contribution in [2.75, 3.05) is 13.2 Å². The summed E-state index contributed by atoms with van der Waals surface area (Å²) in [4.78, 5) is 23.5. The first-order valence-electron chi connectivity index (χ1n) is 7.45. The summed E-state index contributed by atoms with van der Waals surface area (Å²) in [6.45, 7) is 4.00. The predicted molar refractivity (Wildman–Crippen MR) is 91.7 cm³/mol. The minimum absolute atomic E-state index is 0.0802. The van der Waals surface area contributed by atoms with Gasteiger partial charge in [0.15, 0.2) is 0 Å². The molecule has 122 valence electrons. The first-order chi connectivity index (χ1) is 11.7. The second kappa shape index (κ2) is 9.10. The molecule has 0 amide bonds. The van der Waals surface area contributed by atoms with Gasteiger partial charge < -0.3 is 9.47 Å². The highest BCUT2D eigenvalue weighted by Gasteiger charge is 2.06. The van der Waals surface area contributed by atoms with Gasteiger partial charge in [0.2, 0.25) is 0 Å². The van der Waals surface area contributed by atoms with Gasteiger partial charge in [-0.3, -0.25) is 0 Å². The average Bonchev–Trinajstić information content (AvgIpc) is 2.64. The molecule has 0 aliphatic carbocycles. The van der Waals surface area contributed by atoms with Gasteiger partial charge in [0.1, 0.15) is 13.2 Å². The quantitative estimate of drug-likeness (QED) is 0.574. The van der Waals surface area contributed by atoms with Crippen LogP contribution in [-0.2, 0) is 9.47 Å². The normalized spacial score (nSPS) is 10.3. The van der Waals surface area contributed by atoms with E-state index in [9.17, 15) is 9.59 Å². The number of hydrogen-bond donors (Lipinski definition) is 0. The number of ether oxygens (including phenoxy) is 2. The number of hydrogen-bond acceptors (Lipinski definition) is 4. The fraction of sp³-hybridized carbons (Fsp3) is 0.100. The van der Waals surface area contributed by atoms with E-state index in [1.54, 1.807) is 60.7 Å². The Hall–Kier alpha value is -3.14. The van der Waals surface area contributed by atoms with Crippen LogP contribution in [0.3, 0.4) is 0 Å². The van der Waals surface area contributed by atoms with E-state index < -0.39 is 5.97 Å². The highest BCUT2D eigenvalue weighted by Crippen LogP contribution is 2.04. The fourth-order valence-electron chi connectivity index (χ4n) is 1.86. The molecule has 0 saturated carbocycles. The summed E-state index contributed by atoms with van der Waals surface area (Å²) in [7, 11) is 0. The van der Waals surface area contributed by atoms with Crippen LogP contribution in [0.15, 0.2) is 85.0 Å². The van der Waals surface area contributed by atoms with Gasteiger partial charge >= 0.3 is 11.9 Å². The maximum Gasteiger partial charge on any atom is 0.338 e. The Bertz CT molecular complexity index is 718. The molecule has 0 fully saturated rings. The van der Waals surface area contributed by atoms with Gasteiger partial charge in [-0.2, -0.15) is 0 Å². The minimum Gasteiger partial charge on any atom is -0.458 e. The Labute approximate surface area is 141 Å². The molecule has 0 bridgehead atoms. The van der Waals surface area contributed by atoms with Crippen molar-refractivity contribution in [2.45, 2.75) is 0 Å². The van der Waals surface area contributed by atoms with Crippen molar-refractivity contribution in [3.05, 3.63) is 96.1 Å². The molecule has 24 heavy (non-hydrogen) atoms. The van der Waals surface area contributed by atoms with Crippen molar-refractivity contribution in [1.29, 1.82) is 0 Å². The van der Waals surface area contributed by atoms with Gasteiger partial charge in [0.05, 0.1) is 11.1 Å². The van der Waals surface area contributed by atoms with Crippen LogP contribution < -0.4 is 0 Å². The van der Waals surface area contributed by atoms with E-state index in [2.05, 4.69) is 6.58 Å². The van der Waals surface area contributed by atoms with E-state index >= 15 is 0 Å². The lowest BCUT2D eigenvalue weighted by Crippen LogP contribution is -2.07. The lowest BCUT2D eigenvalue weighted by atomic mass is 10.2. The molecule has 0 N–H and O–H groups in total. The Morgan fingerprint density at radius 2 is 1.33 bits per heavy atom. The standard InChI is InChI=1S/C20H18O4/c1-16(15-24-20(22)18-12-6-3-7-13-18)9-8-14-23-19(21)17-10-4-2-5-11-17/h2-13H,1,14-15H2. The number of benzene rings is 2. The molecular formula is C20H18O4. The second-order valence-electron chi connectivity index (χ2n) is 4.97. The van der Waals surface area contributed by atoms with Gasteiger partial charge in [0, 0.05) is 0 Å². The number of esters is 2. The third-order valence-electron chi connectivity index (χ3n) is 3.07. The summed E-state index contributed by atoms with van der Waals surface area (Å²) in [5.41, 5.74) is 1.60. The molecule has 2 rings (SSSR count). The molecule has 0 aliphatic heterocycles. The third-order valence-corrected chi connectivity index (χ3v) is 3.07. The summed E-state index contributed by atoms with van der Waals surface area (Å²) in [5.74, 6) is -0.790. The third kappa shape index (κ3) is 5.57. The van der Waals surface area contributed by atoms with Gasteiger partial charge in [-0.25, -0.2) is 9.59 Å². The average molecular weight is 322 g/mol. The fourth-order valence-corrected chi connectivity index (χ4v) is 1.86. The van der Waals surface area contributed by atoms with E-state index in [4.69, 9.17) is 9.47 Å². The Morgan fingerprint density at radius 1 is 0.833 bits per heavy atom.